The van der Waals surface area contributed by atoms with Crippen LogP contribution in [0, 0.1) is 4.77 Å². The normalized spacial score (nSPS) is 11.4. The van der Waals surface area contributed by atoms with Crippen LogP contribution in [0.25, 0.3) is 15.9 Å². The van der Waals surface area contributed by atoms with Crippen molar-refractivity contribution in [1.29, 1.82) is 0 Å². The number of tetrazole rings is 1. The molecule has 9 heteroatoms. The first-order chi connectivity index (χ1) is 13.1. The van der Waals surface area contributed by atoms with Crippen molar-refractivity contribution >= 4 is 33.8 Å². The smallest absolute Gasteiger partial charge is 0.221 e. The van der Waals surface area contributed by atoms with Gasteiger partial charge in [-0.05, 0) is 66.1 Å². The zero-order valence-electron chi connectivity index (χ0n) is 14.9. The second-order valence-electron chi connectivity index (χ2n) is 6.10. The van der Waals surface area contributed by atoms with Crippen LogP contribution in [0.3, 0.4) is 0 Å². The molecular weight excluding hydrogens is 380 g/mol. The summed E-state index contributed by atoms with van der Waals surface area (Å²) in [6.45, 7) is 1.25. The molecule has 138 valence electrons. The number of aromatic nitrogens is 5. The molecule has 27 heavy (non-hydrogen) atoms. The number of thiazole rings is 1. The Labute approximate surface area is 165 Å². The minimum absolute atomic E-state index is 0.533. The molecule has 4 rings (SSSR count). The zero-order valence-corrected chi connectivity index (χ0v) is 16.6. The van der Waals surface area contributed by atoms with Gasteiger partial charge in [0.25, 0.3) is 0 Å². The number of para-hydroxylation sites is 1. The van der Waals surface area contributed by atoms with Gasteiger partial charge < -0.3 is 4.74 Å². The van der Waals surface area contributed by atoms with E-state index in [-0.39, 0.29) is 0 Å². The number of nitrogens with zero attached hydrogens (tertiary/aromatic N) is 6. The van der Waals surface area contributed by atoms with Crippen molar-refractivity contribution < 1.29 is 4.74 Å². The second kappa shape index (κ2) is 7.55. The summed E-state index contributed by atoms with van der Waals surface area (Å²) in [5.74, 6) is 0.785. The van der Waals surface area contributed by atoms with Crippen molar-refractivity contribution in [2.75, 3.05) is 14.2 Å². The topological polar surface area (TPSA) is 61.0 Å². The molecule has 0 aliphatic heterocycles. The first-order valence-electron chi connectivity index (χ1n) is 8.34. The van der Waals surface area contributed by atoms with E-state index in [2.05, 4.69) is 26.4 Å². The van der Waals surface area contributed by atoms with Gasteiger partial charge in [0.1, 0.15) is 10.8 Å². The van der Waals surface area contributed by atoms with E-state index in [4.69, 9.17) is 17.0 Å². The standard InChI is InChI=1S/C18H18N6OS2/c1-22(11-17-19-15-5-3-4-6-16(15)27-17)12-23-18(26)24(21-20-23)13-7-9-14(25-2)10-8-13/h3-10H,11-12H2,1-2H3. The molecule has 0 aliphatic carbocycles. The molecule has 0 fully saturated rings. The zero-order chi connectivity index (χ0) is 18.8. The number of benzene rings is 2. The van der Waals surface area contributed by atoms with Crippen LogP contribution in [0.1, 0.15) is 5.01 Å². The van der Waals surface area contributed by atoms with Crippen molar-refractivity contribution in [3.8, 4) is 11.4 Å². The van der Waals surface area contributed by atoms with Crippen LogP contribution < -0.4 is 4.74 Å². The highest BCUT2D eigenvalue weighted by Gasteiger charge is 2.11. The van der Waals surface area contributed by atoms with Gasteiger partial charge >= 0.3 is 0 Å². The maximum atomic E-state index is 5.53. The second-order valence-corrected chi connectivity index (χ2v) is 7.58. The minimum atomic E-state index is 0.533. The molecule has 2 heterocycles. The Morgan fingerprint density at radius 1 is 1.11 bits per heavy atom. The summed E-state index contributed by atoms with van der Waals surface area (Å²) in [6.07, 6.45) is 0. The van der Waals surface area contributed by atoms with Crippen LogP contribution >= 0.6 is 23.6 Å². The average molecular weight is 399 g/mol. The molecule has 0 spiro atoms. The predicted molar refractivity (Wildman–Crippen MR) is 108 cm³/mol. The average Bonchev–Trinajstić information content (AvgIpc) is 3.25. The molecule has 2 aromatic carbocycles. The van der Waals surface area contributed by atoms with Gasteiger partial charge in [0.15, 0.2) is 0 Å². The van der Waals surface area contributed by atoms with Gasteiger partial charge in [-0.3, -0.25) is 4.90 Å². The fraction of sp³-hybridized carbons (Fsp3) is 0.222. The lowest BCUT2D eigenvalue weighted by Gasteiger charge is -2.13. The Kier molecular flexibility index (Phi) is 4.97. The van der Waals surface area contributed by atoms with Gasteiger partial charge in [0.05, 0.1) is 36.2 Å². The Bertz CT molecular complexity index is 1080. The molecule has 0 N–H and O–H groups in total. The van der Waals surface area contributed by atoms with Gasteiger partial charge in [-0.25, -0.2) is 9.67 Å². The number of hydrogen-bond acceptors (Lipinski definition) is 7. The first kappa shape index (κ1) is 17.8. The molecule has 7 nitrogen and oxygen atoms in total. The first-order valence-corrected chi connectivity index (χ1v) is 9.57. The molecule has 0 amide bonds. The van der Waals surface area contributed by atoms with Crippen LogP contribution in [0.5, 0.6) is 5.75 Å². The van der Waals surface area contributed by atoms with Crippen LogP contribution in [0.4, 0.5) is 0 Å². The van der Waals surface area contributed by atoms with Crippen molar-refractivity contribution in [3.05, 3.63) is 58.3 Å². The van der Waals surface area contributed by atoms with Crippen LogP contribution in [0.15, 0.2) is 48.5 Å². The number of ether oxygens (including phenoxy) is 1. The van der Waals surface area contributed by atoms with E-state index in [0.717, 1.165) is 28.5 Å². The third-order valence-electron chi connectivity index (χ3n) is 4.08. The van der Waals surface area contributed by atoms with Crippen LogP contribution in [-0.4, -0.2) is 43.8 Å². The maximum absolute atomic E-state index is 5.53. The number of rotatable bonds is 6. The summed E-state index contributed by atoms with van der Waals surface area (Å²) in [5.41, 5.74) is 1.88. The summed E-state index contributed by atoms with van der Waals surface area (Å²) in [4.78, 5) is 6.79. The molecular formula is C18H18N6OS2. The highest BCUT2D eigenvalue weighted by Crippen LogP contribution is 2.22. The number of hydrogen-bond donors (Lipinski definition) is 0. The lowest BCUT2D eigenvalue weighted by atomic mass is 10.3. The molecule has 0 saturated heterocycles. The van der Waals surface area contributed by atoms with Gasteiger partial charge in [-0.2, -0.15) is 4.68 Å². The highest BCUT2D eigenvalue weighted by molar-refractivity contribution is 7.71. The predicted octanol–water partition coefficient (Wildman–Crippen LogP) is 3.51. The summed E-state index contributed by atoms with van der Waals surface area (Å²) in [7, 11) is 3.65. The summed E-state index contributed by atoms with van der Waals surface area (Å²) >= 11 is 7.24. The number of methoxy groups -OCH3 is 1. The van der Waals surface area contributed by atoms with Gasteiger partial charge in [-0.15, -0.1) is 11.3 Å². The largest absolute Gasteiger partial charge is 0.497 e. The van der Waals surface area contributed by atoms with E-state index >= 15 is 0 Å². The quantitative estimate of drug-likeness (QED) is 0.463. The molecule has 0 aliphatic rings. The van der Waals surface area contributed by atoms with Crippen molar-refractivity contribution in [2.45, 2.75) is 13.2 Å². The lowest BCUT2D eigenvalue weighted by Crippen LogP contribution is -2.22. The number of fused-ring (bicyclic) bond motifs is 1. The Balaban J connectivity index is 1.49. The van der Waals surface area contributed by atoms with E-state index in [1.807, 2.05) is 49.5 Å². The maximum Gasteiger partial charge on any atom is 0.221 e. The lowest BCUT2D eigenvalue weighted by molar-refractivity contribution is 0.242. The molecule has 0 bridgehead atoms. The molecule has 0 saturated carbocycles. The third kappa shape index (κ3) is 3.75. The van der Waals surface area contributed by atoms with Crippen molar-refractivity contribution in [1.82, 2.24) is 29.7 Å². The van der Waals surface area contributed by atoms with Gasteiger partial charge in [-0.1, -0.05) is 12.1 Å². The van der Waals surface area contributed by atoms with Crippen molar-refractivity contribution in [2.24, 2.45) is 0 Å². The van der Waals surface area contributed by atoms with E-state index in [0.29, 0.717) is 11.4 Å². The summed E-state index contributed by atoms with van der Waals surface area (Å²) in [6, 6.07) is 15.7. The Morgan fingerprint density at radius 3 is 2.63 bits per heavy atom. The molecule has 4 aromatic rings. The van der Waals surface area contributed by atoms with Gasteiger partial charge in [0, 0.05) is 0 Å². The van der Waals surface area contributed by atoms with E-state index in [1.54, 1.807) is 27.8 Å². The monoisotopic (exact) mass is 398 g/mol. The van der Waals surface area contributed by atoms with Crippen LogP contribution in [-0.2, 0) is 13.2 Å². The molecule has 0 radical (unpaired) electrons. The fourth-order valence-corrected chi connectivity index (χ4v) is 4.03. The van der Waals surface area contributed by atoms with Gasteiger partial charge in [0.2, 0.25) is 4.77 Å². The van der Waals surface area contributed by atoms with E-state index in [1.165, 1.54) is 4.70 Å². The van der Waals surface area contributed by atoms with E-state index in [9.17, 15) is 0 Å². The highest BCUT2D eigenvalue weighted by atomic mass is 32.1. The molecule has 2 aromatic heterocycles. The Hall–Kier alpha value is -2.62. The molecule has 0 atom stereocenters. The SMILES string of the molecule is COc1ccc(-n2nnn(CN(C)Cc3nc4ccccc4s3)c2=S)cc1. The molecule has 0 unspecified atom stereocenters. The third-order valence-corrected chi connectivity index (χ3v) is 5.48. The van der Waals surface area contributed by atoms with Crippen LogP contribution in [0.2, 0.25) is 0 Å². The summed E-state index contributed by atoms with van der Waals surface area (Å²) in [5, 5.41) is 9.44. The fourth-order valence-electron chi connectivity index (χ4n) is 2.75. The minimum Gasteiger partial charge on any atom is -0.497 e. The van der Waals surface area contributed by atoms with E-state index < -0.39 is 0 Å². The van der Waals surface area contributed by atoms with Crippen molar-refractivity contribution in [3.63, 3.8) is 0 Å². The summed E-state index contributed by atoms with van der Waals surface area (Å²) < 4.78 is 10.3. The Morgan fingerprint density at radius 2 is 1.89 bits per heavy atom.